The summed E-state index contributed by atoms with van der Waals surface area (Å²) in [5, 5.41) is 33.3. The van der Waals surface area contributed by atoms with Crippen LogP contribution in [0.3, 0.4) is 0 Å². The molecule has 0 unspecified atom stereocenters. The van der Waals surface area contributed by atoms with Crippen LogP contribution in [0.5, 0.6) is 0 Å². The van der Waals surface area contributed by atoms with Gasteiger partial charge in [0.15, 0.2) is 0 Å². The SMILES string of the molecule is CCCN(CCCS(=O)(=O)O)c1nc(Cc2ccc(N=Nc3ccc(N=Nc4ccc(S(=O)(=O)O)cc4)cc3)cc2)nc(Cc2ccc(N=Nc3ccc(N=Nc4ccccc4)cc3S(=O)(=O)O)cc2)n1.O=S(=O)=O.O=S(=O)=O.O=S(=O)=O. The van der Waals surface area contributed by atoms with E-state index in [2.05, 4.69) is 40.9 Å². The third kappa shape index (κ3) is 26.5. The monoisotopic (exact) mass is 1260 g/mol. The molecular weight excluding hydrogens is 1210 g/mol. The smallest absolute Gasteiger partial charge is 0.341 e. The molecule has 436 valence electrons. The Morgan fingerprint density at radius 1 is 0.434 bits per heavy atom. The van der Waals surface area contributed by atoms with Crippen molar-refractivity contribution < 1.29 is 76.8 Å². The van der Waals surface area contributed by atoms with Crippen molar-refractivity contribution in [2.24, 2.45) is 40.9 Å². The predicted molar refractivity (Wildman–Crippen MR) is 293 cm³/mol. The molecule has 0 saturated heterocycles. The van der Waals surface area contributed by atoms with Crippen molar-refractivity contribution in [1.29, 1.82) is 0 Å². The van der Waals surface area contributed by atoms with Crippen LogP contribution < -0.4 is 4.90 Å². The van der Waals surface area contributed by atoms with Gasteiger partial charge < -0.3 is 4.90 Å². The van der Waals surface area contributed by atoms with Crippen LogP contribution in [0.1, 0.15) is 42.5 Å². The van der Waals surface area contributed by atoms with Crippen LogP contribution in [-0.4, -0.2) is 111 Å². The van der Waals surface area contributed by atoms with E-state index < -0.39 is 72.8 Å². The molecule has 0 aliphatic carbocycles. The van der Waals surface area contributed by atoms with Crippen molar-refractivity contribution in [3.63, 3.8) is 0 Å². The molecule has 30 nitrogen and oxygen atoms in total. The third-order valence-electron chi connectivity index (χ3n) is 10.00. The molecule has 0 spiro atoms. The summed E-state index contributed by atoms with van der Waals surface area (Å²) in [5.74, 6) is 0.815. The van der Waals surface area contributed by atoms with E-state index in [0.29, 0.717) is 71.1 Å². The summed E-state index contributed by atoms with van der Waals surface area (Å²) in [6.07, 6.45) is 1.43. The lowest BCUT2D eigenvalue weighted by atomic mass is 10.1. The summed E-state index contributed by atoms with van der Waals surface area (Å²) in [6.45, 7) is 2.74. The second-order valence-electron chi connectivity index (χ2n) is 16.1. The minimum absolute atomic E-state index is 0.105. The fraction of sp³-hybridized carbons (Fsp3) is 0.170. The largest absolute Gasteiger partial charge is 0.425 e. The fourth-order valence-corrected chi connectivity index (χ4v) is 8.19. The first-order valence-electron chi connectivity index (χ1n) is 23.1. The molecule has 0 bridgehead atoms. The van der Waals surface area contributed by atoms with Crippen LogP contribution in [-0.2, 0) is 75.0 Å². The van der Waals surface area contributed by atoms with E-state index in [-0.39, 0.29) is 35.7 Å². The Bertz CT molecular complexity index is 4090. The Hall–Kier alpha value is -8.88. The maximum absolute atomic E-state index is 12.3. The lowest BCUT2D eigenvalue weighted by Crippen LogP contribution is -2.29. The summed E-state index contributed by atoms with van der Waals surface area (Å²) in [4.78, 5) is 15.5. The first-order valence-corrected chi connectivity index (χ1v) is 30.6. The highest BCUT2D eigenvalue weighted by Crippen LogP contribution is 2.32. The molecule has 7 rings (SSSR count). The van der Waals surface area contributed by atoms with Gasteiger partial charge in [0.25, 0.3) is 30.4 Å². The Morgan fingerprint density at radius 2 is 0.795 bits per heavy atom. The van der Waals surface area contributed by atoms with E-state index in [1.54, 1.807) is 84.9 Å². The van der Waals surface area contributed by atoms with Gasteiger partial charge in [0, 0.05) is 25.9 Å². The number of nitrogens with zero attached hydrogens (tertiary/aromatic N) is 12. The van der Waals surface area contributed by atoms with Gasteiger partial charge in [-0.3, -0.25) is 13.7 Å². The highest BCUT2D eigenvalue weighted by Gasteiger charge is 2.18. The first kappa shape index (κ1) is 66.6. The molecule has 0 radical (unpaired) electrons. The third-order valence-corrected chi connectivity index (χ3v) is 12.6. The van der Waals surface area contributed by atoms with Gasteiger partial charge in [-0.25, -0.2) is 4.98 Å². The molecule has 0 fully saturated rings. The Morgan fingerprint density at radius 3 is 1.18 bits per heavy atom. The number of aromatic nitrogens is 3. The summed E-state index contributed by atoms with van der Waals surface area (Å²) >= 11 is 0. The van der Waals surface area contributed by atoms with Gasteiger partial charge in [0.2, 0.25) is 5.95 Å². The Balaban J connectivity index is 0.00000112. The number of rotatable bonds is 21. The minimum atomic E-state index is -4.70. The average Bonchev–Trinajstić information content (AvgIpc) is 3.48. The average molecular weight is 1260 g/mol. The zero-order valence-corrected chi connectivity index (χ0v) is 47.5. The normalized spacial score (nSPS) is 11.5. The zero-order chi connectivity index (χ0) is 61.2. The van der Waals surface area contributed by atoms with Gasteiger partial charge in [-0.15, -0.1) is 43.0 Å². The molecule has 3 N–H and O–H groups in total. The van der Waals surface area contributed by atoms with Crippen molar-refractivity contribution in [3.8, 4) is 0 Å². The number of hydrogen-bond acceptors (Lipinski definition) is 27. The molecule has 1 aromatic heterocycles. The molecule has 6 aromatic carbocycles. The van der Waals surface area contributed by atoms with Gasteiger partial charge in [-0.2, -0.15) is 71.0 Å². The quantitative estimate of drug-likeness (QED) is 0.0447. The van der Waals surface area contributed by atoms with E-state index in [0.717, 1.165) is 17.2 Å². The number of azo groups is 4. The molecular formula is C47H44N12O18S6. The Labute approximate surface area is 478 Å². The topological polar surface area (TPSA) is 458 Å². The van der Waals surface area contributed by atoms with Crippen LogP contribution in [0, 0.1) is 0 Å². The lowest BCUT2D eigenvalue weighted by Gasteiger charge is -2.22. The Kier molecular flexibility index (Phi) is 26.1. The number of hydrogen-bond donors (Lipinski definition) is 3. The van der Waals surface area contributed by atoms with Crippen LogP contribution >= 0.6 is 0 Å². The highest BCUT2D eigenvalue weighted by atomic mass is 32.2. The van der Waals surface area contributed by atoms with E-state index >= 15 is 0 Å². The predicted octanol–water partition coefficient (Wildman–Crippen LogP) is 8.69. The molecule has 1 heterocycles. The molecule has 7 aromatic rings. The standard InChI is InChI=1S/C47H44N12O9S3.3O3S/c1-2-27-59(28-6-29-69(60,61)62)47-49-45(30-33-9-13-36(14-10-33)52-53-38-17-19-39(20-18-38)54-55-40-21-24-42(25-22-40)70(63,64)65)48-46(50-47)31-34-11-15-37(16-12-34)56-58-43-26-23-41(32-44(43)71(66,67)68)57-51-35-7-4-3-5-8-35;3*1-4(2)3/h3-5,7-26,32H,2,6,27-31H2,1H3,(H,60,61,62)(H,63,64,65)(H,66,67,68);;;. The van der Waals surface area contributed by atoms with Crippen molar-refractivity contribution in [3.05, 3.63) is 168 Å². The van der Waals surface area contributed by atoms with Crippen LogP contribution in [0.2, 0.25) is 0 Å². The van der Waals surface area contributed by atoms with Gasteiger partial charge in [-0.1, -0.05) is 49.4 Å². The second kappa shape index (κ2) is 32.5. The van der Waals surface area contributed by atoms with Gasteiger partial charge in [0.05, 0.1) is 50.5 Å². The lowest BCUT2D eigenvalue weighted by molar-refractivity contribution is 0.479. The van der Waals surface area contributed by atoms with Gasteiger partial charge in [0.1, 0.15) is 22.2 Å². The molecule has 83 heavy (non-hydrogen) atoms. The summed E-state index contributed by atoms with van der Waals surface area (Å²) in [6, 6.07) is 39.2. The highest BCUT2D eigenvalue weighted by molar-refractivity contribution is 7.86. The maximum Gasteiger partial charge on any atom is 0.425 e. The van der Waals surface area contributed by atoms with Crippen molar-refractivity contribution in [1.82, 2.24) is 15.0 Å². The van der Waals surface area contributed by atoms with Crippen molar-refractivity contribution in [2.45, 2.75) is 42.4 Å². The molecule has 0 saturated carbocycles. The van der Waals surface area contributed by atoms with Gasteiger partial charge >= 0.3 is 31.8 Å². The number of anilines is 1. The molecule has 36 heteroatoms. The van der Waals surface area contributed by atoms with Gasteiger partial charge in [-0.05, 0) is 127 Å². The summed E-state index contributed by atoms with van der Waals surface area (Å²) in [5.41, 5.74) is 4.74. The first-order chi connectivity index (χ1) is 39.1. The summed E-state index contributed by atoms with van der Waals surface area (Å²) < 4.78 is 175. The fourth-order valence-electron chi connectivity index (χ4n) is 6.58. The van der Waals surface area contributed by atoms with Crippen molar-refractivity contribution >= 4 is 114 Å². The van der Waals surface area contributed by atoms with Crippen LogP contribution in [0.25, 0.3) is 0 Å². The second-order valence-corrected chi connectivity index (χ2v) is 21.7. The van der Waals surface area contributed by atoms with Crippen LogP contribution in [0.4, 0.5) is 51.4 Å². The molecule has 0 aliphatic rings. The van der Waals surface area contributed by atoms with E-state index in [9.17, 15) is 34.4 Å². The zero-order valence-electron chi connectivity index (χ0n) is 42.6. The molecule has 0 aliphatic heterocycles. The van der Waals surface area contributed by atoms with E-state index in [4.69, 9.17) is 57.4 Å². The van der Waals surface area contributed by atoms with E-state index in [1.807, 2.05) is 30.0 Å². The van der Waals surface area contributed by atoms with E-state index in [1.165, 1.54) is 36.4 Å². The number of benzene rings is 6. The maximum atomic E-state index is 12.3. The van der Waals surface area contributed by atoms with Crippen LogP contribution in [0.15, 0.2) is 196 Å². The summed E-state index contributed by atoms with van der Waals surface area (Å²) in [7, 11) is -22.5. The molecule has 0 amide bonds. The minimum Gasteiger partial charge on any atom is -0.341 e. The molecule has 0 atom stereocenters. The van der Waals surface area contributed by atoms with Crippen molar-refractivity contribution in [2.75, 3.05) is 23.7 Å².